The number of aryl methyl sites for hydroxylation is 1. The molecule has 17 heavy (non-hydrogen) atoms. The summed E-state index contributed by atoms with van der Waals surface area (Å²) >= 11 is 0. The van der Waals surface area contributed by atoms with Crippen molar-refractivity contribution in [2.75, 3.05) is 5.32 Å². The van der Waals surface area contributed by atoms with Gasteiger partial charge in [-0.05, 0) is 68.2 Å². The highest BCUT2D eigenvalue weighted by atomic mass is 14.9. The van der Waals surface area contributed by atoms with E-state index in [0.29, 0.717) is 6.04 Å². The van der Waals surface area contributed by atoms with Gasteiger partial charge in [0.15, 0.2) is 0 Å². The molecule has 94 valence electrons. The average Bonchev–Trinajstić information content (AvgIpc) is 3.12. The van der Waals surface area contributed by atoms with Crippen LogP contribution in [0.3, 0.4) is 0 Å². The standard InChI is InChI=1S/C16H25N/c1-5-12(4)17-16-10-14(13-7-8-13)9-11(3)15(16)6-2/h9-10,12-13,17H,5-8H2,1-4H3. The predicted octanol–water partition coefficient (Wildman–Crippen LogP) is 4.65. The molecule has 1 aromatic rings. The molecule has 1 aliphatic carbocycles. The third kappa shape index (κ3) is 2.83. The second kappa shape index (κ2) is 5.12. The fraction of sp³-hybridized carbons (Fsp3) is 0.625. The Hall–Kier alpha value is -0.980. The molecule has 1 fully saturated rings. The molecule has 1 heteroatoms. The Morgan fingerprint density at radius 1 is 1.29 bits per heavy atom. The first-order valence-corrected chi connectivity index (χ1v) is 7.05. The van der Waals surface area contributed by atoms with E-state index < -0.39 is 0 Å². The molecule has 1 unspecified atom stereocenters. The molecule has 1 atom stereocenters. The van der Waals surface area contributed by atoms with E-state index in [1.54, 1.807) is 5.56 Å². The maximum atomic E-state index is 3.67. The zero-order valence-corrected chi connectivity index (χ0v) is 11.6. The van der Waals surface area contributed by atoms with Gasteiger partial charge in [0.05, 0.1) is 0 Å². The summed E-state index contributed by atoms with van der Waals surface area (Å²) < 4.78 is 0. The first-order valence-electron chi connectivity index (χ1n) is 7.05. The van der Waals surface area contributed by atoms with Gasteiger partial charge in [0.25, 0.3) is 0 Å². The van der Waals surface area contributed by atoms with Crippen molar-refractivity contribution in [2.45, 2.75) is 65.3 Å². The summed E-state index contributed by atoms with van der Waals surface area (Å²) in [6, 6.07) is 5.36. The molecule has 0 aliphatic heterocycles. The van der Waals surface area contributed by atoms with E-state index in [0.717, 1.165) is 12.3 Å². The normalized spacial score (nSPS) is 16.9. The number of anilines is 1. The number of hydrogen-bond donors (Lipinski definition) is 1. The van der Waals surface area contributed by atoms with Gasteiger partial charge in [-0.1, -0.05) is 19.9 Å². The SMILES string of the molecule is CCc1c(C)cc(C2CC2)cc1NC(C)CC. The number of nitrogens with one attached hydrogen (secondary N) is 1. The molecule has 1 aromatic carbocycles. The van der Waals surface area contributed by atoms with Crippen molar-refractivity contribution in [1.29, 1.82) is 0 Å². The molecule has 0 radical (unpaired) electrons. The first kappa shape index (κ1) is 12.5. The summed E-state index contributed by atoms with van der Waals surface area (Å²) in [7, 11) is 0. The van der Waals surface area contributed by atoms with E-state index >= 15 is 0 Å². The topological polar surface area (TPSA) is 12.0 Å². The van der Waals surface area contributed by atoms with Gasteiger partial charge in [0, 0.05) is 11.7 Å². The van der Waals surface area contributed by atoms with Gasteiger partial charge in [0.1, 0.15) is 0 Å². The van der Waals surface area contributed by atoms with Crippen molar-refractivity contribution in [3.63, 3.8) is 0 Å². The fourth-order valence-corrected chi connectivity index (χ4v) is 2.46. The van der Waals surface area contributed by atoms with E-state index in [2.05, 4.69) is 45.1 Å². The van der Waals surface area contributed by atoms with Crippen LogP contribution in [0.1, 0.15) is 62.6 Å². The molecule has 1 saturated carbocycles. The number of rotatable bonds is 5. The van der Waals surface area contributed by atoms with Crippen molar-refractivity contribution in [2.24, 2.45) is 0 Å². The van der Waals surface area contributed by atoms with E-state index in [-0.39, 0.29) is 0 Å². The van der Waals surface area contributed by atoms with E-state index in [9.17, 15) is 0 Å². The summed E-state index contributed by atoms with van der Waals surface area (Å²) in [4.78, 5) is 0. The van der Waals surface area contributed by atoms with Crippen LogP contribution in [0, 0.1) is 6.92 Å². The minimum Gasteiger partial charge on any atom is -0.382 e. The van der Waals surface area contributed by atoms with Gasteiger partial charge in [-0.15, -0.1) is 0 Å². The van der Waals surface area contributed by atoms with Gasteiger partial charge in [-0.25, -0.2) is 0 Å². The Kier molecular flexibility index (Phi) is 3.76. The Morgan fingerprint density at radius 3 is 2.53 bits per heavy atom. The van der Waals surface area contributed by atoms with Crippen LogP contribution in [0.4, 0.5) is 5.69 Å². The minimum absolute atomic E-state index is 0.564. The quantitative estimate of drug-likeness (QED) is 0.778. The lowest BCUT2D eigenvalue weighted by atomic mass is 9.98. The zero-order chi connectivity index (χ0) is 12.4. The highest BCUT2D eigenvalue weighted by Gasteiger charge is 2.24. The molecule has 1 aliphatic rings. The summed E-state index contributed by atoms with van der Waals surface area (Å²) in [5.74, 6) is 0.845. The van der Waals surface area contributed by atoms with Crippen LogP contribution in [0.15, 0.2) is 12.1 Å². The Labute approximate surface area is 106 Å². The molecular formula is C16H25N. The van der Waals surface area contributed by atoms with Gasteiger partial charge in [-0.3, -0.25) is 0 Å². The highest BCUT2D eigenvalue weighted by molar-refractivity contribution is 5.58. The second-order valence-corrected chi connectivity index (χ2v) is 5.45. The van der Waals surface area contributed by atoms with E-state index in [4.69, 9.17) is 0 Å². The van der Waals surface area contributed by atoms with Crippen LogP contribution in [0.25, 0.3) is 0 Å². The van der Waals surface area contributed by atoms with E-state index in [1.807, 2.05) is 0 Å². The van der Waals surface area contributed by atoms with Crippen LogP contribution >= 0.6 is 0 Å². The highest BCUT2D eigenvalue weighted by Crippen LogP contribution is 2.42. The Morgan fingerprint density at radius 2 is 2.00 bits per heavy atom. The molecule has 0 spiro atoms. The van der Waals surface area contributed by atoms with Crippen LogP contribution < -0.4 is 5.32 Å². The lowest BCUT2D eigenvalue weighted by Gasteiger charge is -2.19. The van der Waals surface area contributed by atoms with Crippen LogP contribution in [-0.2, 0) is 6.42 Å². The third-order valence-corrected chi connectivity index (χ3v) is 3.91. The molecule has 0 bridgehead atoms. The summed E-state index contributed by atoms with van der Waals surface area (Å²) in [5.41, 5.74) is 5.88. The van der Waals surface area contributed by atoms with Gasteiger partial charge < -0.3 is 5.32 Å². The van der Waals surface area contributed by atoms with Gasteiger partial charge in [-0.2, -0.15) is 0 Å². The lowest BCUT2D eigenvalue weighted by molar-refractivity contribution is 0.761. The molecule has 1 N–H and O–H groups in total. The average molecular weight is 231 g/mol. The van der Waals surface area contributed by atoms with Crippen LogP contribution in [0.2, 0.25) is 0 Å². The molecular weight excluding hydrogens is 206 g/mol. The maximum Gasteiger partial charge on any atom is 0.0380 e. The van der Waals surface area contributed by atoms with E-state index in [1.165, 1.54) is 36.1 Å². The monoisotopic (exact) mass is 231 g/mol. The summed E-state index contributed by atoms with van der Waals surface area (Å²) in [6.07, 6.45) is 5.06. The van der Waals surface area contributed by atoms with Crippen molar-refractivity contribution in [3.05, 3.63) is 28.8 Å². The van der Waals surface area contributed by atoms with Gasteiger partial charge in [0.2, 0.25) is 0 Å². The number of hydrogen-bond acceptors (Lipinski definition) is 1. The van der Waals surface area contributed by atoms with Crippen LogP contribution in [0.5, 0.6) is 0 Å². The molecule has 0 saturated heterocycles. The lowest BCUT2D eigenvalue weighted by Crippen LogP contribution is -2.15. The van der Waals surface area contributed by atoms with Crippen molar-refractivity contribution >= 4 is 5.69 Å². The van der Waals surface area contributed by atoms with Crippen LogP contribution in [-0.4, -0.2) is 6.04 Å². The predicted molar refractivity (Wildman–Crippen MR) is 75.9 cm³/mol. The minimum atomic E-state index is 0.564. The van der Waals surface area contributed by atoms with Crippen molar-refractivity contribution < 1.29 is 0 Å². The largest absolute Gasteiger partial charge is 0.382 e. The molecule has 0 aromatic heterocycles. The Bertz CT molecular complexity index is 391. The molecule has 2 rings (SSSR count). The summed E-state index contributed by atoms with van der Waals surface area (Å²) in [5, 5.41) is 3.67. The van der Waals surface area contributed by atoms with Gasteiger partial charge >= 0.3 is 0 Å². The smallest absolute Gasteiger partial charge is 0.0380 e. The Balaban J connectivity index is 2.31. The second-order valence-electron chi connectivity index (χ2n) is 5.45. The molecule has 1 nitrogen and oxygen atoms in total. The summed E-state index contributed by atoms with van der Waals surface area (Å²) in [6.45, 7) is 9.01. The molecule has 0 amide bonds. The maximum absolute atomic E-state index is 3.67. The fourth-order valence-electron chi connectivity index (χ4n) is 2.46. The number of benzene rings is 1. The third-order valence-electron chi connectivity index (χ3n) is 3.91. The molecule has 0 heterocycles. The first-order chi connectivity index (χ1) is 8.15. The van der Waals surface area contributed by atoms with Crippen molar-refractivity contribution in [3.8, 4) is 0 Å². The zero-order valence-electron chi connectivity index (χ0n) is 11.6. The van der Waals surface area contributed by atoms with Crippen molar-refractivity contribution in [1.82, 2.24) is 0 Å².